The SMILES string of the molecule is COC(=O)c1cc(B2OC(C)(C)C(C)(C)O2)c(C)c(N2CCN(C(=O)OC(C)(C)C)CC2)c1. The summed E-state index contributed by atoms with van der Waals surface area (Å²) in [6.45, 7) is 17.9. The molecule has 0 spiro atoms. The topological polar surface area (TPSA) is 77.5 Å². The lowest BCUT2D eigenvalue weighted by molar-refractivity contribution is 0.00578. The third-order valence-corrected chi connectivity index (χ3v) is 6.62. The van der Waals surface area contributed by atoms with Crippen LogP contribution in [0.5, 0.6) is 0 Å². The van der Waals surface area contributed by atoms with E-state index in [4.69, 9.17) is 18.8 Å². The number of benzene rings is 1. The normalized spacial score (nSPS) is 20.1. The molecule has 2 aliphatic rings. The average Bonchev–Trinajstić information content (AvgIpc) is 2.93. The number of anilines is 1. The van der Waals surface area contributed by atoms with E-state index in [-0.39, 0.29) is 6.09 Å². The molecule has 3 rings (SSSR count). The molecular weight excluding hydrogens is 423 g/mol. The lowest BCUT2D eigenvalue weighted by Gasteiger charge is -2.37. The van der Waals surface area contributed by atoms with Crippen molar-refractivity contribution in [3.8, 4) is 0 Å². The molecule has 0 atom stereocenters. The van der Waals surface area contributed by atoms with E-state index < -0.39 is 29.9 Å². The zero-order valence-electron chi connectivity index (χ0n) is 21.4. The van der Waals surface area contributed by atoms with Crippen LogP contribution < -0.4 is 10.4 Å². The smallest absolute Gasteiger partial charge is 0.465 e. The Kier molecular flexibility index (Phi) is 6.79. The zero-order chi connectivity index (χ0) is 24.8. The Bertz CT molecular complexity index is 900. The summed E-state index contributed by atoms with van der Waals surface area (Å²) < 4.78 is 23.1. The fourth-order valence-electron chi connectivity index (χ4n) is 3.96. The molecule has 2 heterocycles. The fraction of sp³-hybridized carbons (Fsp3) is 0.667. The van der Waals surface area contributed by atoms with E-state index in [1.807, 2.05) is 61.5 Å². The zero-order valence-corrected chi connectivity index (χ0v) is 21.4. The van der Waals surface area contributed by atoms with Crippen molar-refractivity contribution in [2.45, 2.75) is 72.2 Å². The number of hydrogen-bond acceptors (Lipinski definition) is 7. The van der Waals surface area contributed by atoms with Gasteiger partial charge in [-0.2, -0.15) is 0 Å². The number of rotatable bonds is 3. The minimum absolute atomic E-state index is 0.305. The Balaban J connectivity index is 1.88. The van der Waals surface area contributed by atoms with Crippen LogP contribution in [0, 0.1) is 6.92 Å². The molecule has 2 fully saturated rings. The molecule has 182 valence electrons. The molecule has 2 saturated heterocycles. The van der Waals surface area contributed by atoms with Crippen LogP contribution in [-0.4, -0.2) is 74.2 Å². The molecule has 1 aromatic carbocycles. The molecule has 1 amide bonds. The molecule has 33 heavy (non-hydrogen) atoms. The summed E-state index contributed by atoms with van der Waals surface area (Å²) in [4.78, 5) is 28.8. The van der Waals surface area contributed by atoms with Gasteiger partial charge in [0.15, 0.2) is 0 Å². The average molecular weight is 460 g/mol. The van der Waals surface area contributed by atoms with E-state index in [0.29, 0.717) is 31.7 Å². The van der Waals surface area contributed by atoms with Crippen molar-refractivity contribution in [3.63, 3.8) is 0 Å². The van der Waals surface area contributed by atoms with Crippen LogP contribution >= 0.6 is 0 Å². The Morgan fingerprint density at radius 3 is 2.03 bits per heavy atom. The highest BCUT2D eigenvalue weighted by Gasteiger charge is 2.52. The minimum atomic E-state index is -0.596. The van der Waals surface area contributed by atoms with E-state index in [1.165, 1.54) is 7.11 Å². The molecule has 0 unspecified atom stereocenters. The monoisotopic (exact) mass is 460 g/mol. The van der Waals surface area contributed by atoms with Gasteiger partial charge in [0.2, 0.25) is 0 Å². The van der Waals surface area contributed by atoms with Crippen LogP contribution in [0.4, 0.5) is 10.5 Å². The second-order valence-corrected chi connectivity index (χ2v) is 10.7. The molecule has 0 aromatic heterocycles. The van der Waals surface area contributed by atoms with Gasteiger partial charge < -0.3 is 28.6 Å². The lowest BCUT2D eigenvalue weighted by Crippen LogP contribution is -2.50. The number of hydrogen-bond donors (Lipinski definition) is 0. The van der Waals surface area contributed by atoms with Crippen molar-refractivity contribution in [1.82, 2.24) is 4.90 Å². The van der Waals surface area contributed by atoms with Gasteiger partial charge in [-0.1, -0.05) is 0 Å². The quantitative estimate of drug-likeness (QED) is 0.507. The lowest BCUT2D eigenvalue weighted by atomic mass is 9.74. The number of carbonyl (C=O) groups is 2. The van der Waals surface area contributed by atoms with Gasteiger partial charge in [-0.3, -0.25) is 0 Å². The van der Waals surface area contributed by atoms with Gasteiger partial charge in [-0.05, 0) is 78.5 Å². The molecule has 2 aliphatic heterocycles. The maximum absolute atomic E-state index is 12.5. The molecule has 0 saturated carbocycles. The van der Waals surface area contributed by atoms with Crippen molar-refractivity contribution in [2.24, 2.45) is 0 Å². The maximum atomic E-state index is 12.5. The first-order valence-corrected chi connectivity index (χ1v) is 11.5. The number of ether oxygens (including phenoxy) is 2. The summed E-state index contributed by atoms with van der Waals surface area (Å²) in [5.74, 6) is -0.415. The minimum Gasteiger partial charge on any atom is -0.465 e. The van der Waals surface area contributed by atoms with Crippen molar-refractivity contribution in [2.75, 3.05) is 38.2 Å². The van der Waals surface area contributed by atoms with Crippen molar-refractivity contribution in [3.05, 3.63) is 23.3 Å². The van der Waals surface area contributed by atoms with Gasteiger partial charge in [-0.15, -0.1) is 0 Å². The summed E-state index contributed by atoms with van der Waals surface area (Å²) >= 11 is 0. The van der Waals surface area contributed by atoms with Gasteiger partial charge in [0.1, 0.15) is 5.60 Å². The first-order chi connectivity index (χ1) is 15.1. The standard InChI is InChI=1S/C24H37BN2O6/c1-16-18(25-32-23(5,6)24(7,8)33-25)14-17(20(28)30-9)15-19(16)26-10-12-27(13-11-26)21(29)31-22(2,3)4/h14-15H,10-13H2,1-9H3. The van der Waals surface area contributed by atoms with E-state index >= 15 is 0 Å². The Morgan fingerprint density at radius 2 is 1.55 bits per heavy atom. The van der Waals surface area contributed by atoms with Gasteiger partial charge in [-0.25, -0.2) is 9.59 Å². The Labute approximate surface area is 197 Å². The van der Waals surface area contributed by atoms with Gasteiger partial charge >= 0.3 is 19.2 Å². The second kappa shape index (κ2) is 8.83. The number of methoxy groups -OCH3 is 1. The molecular formula is C24H37BN2O6. The predicted octanol–water partition coefficient (Wildman–Crippen LogP) is 3.14. The fourth-order valence-corrected chi connectivity index (χ4v) is 3.96. The largest absolute Gasteiger partial charge is 0.495 e. The first kappa shape index (κ1) is 25.4. The van der Waals surface area contributed by atoms with E-state index in [9.17, 15) is 9.59 Å². The Morgan fingerprint density at radius 1 is 1.00 bits per heavy atom. The van der Waals surface area contributed by atoms with Crippen molar-refractivity contribution in [1.29, 1.82) is 0 Å². The highest BCUT2D eigenvalue weighted by Crippen LogP contribution is 2.37. The van der Waals surface area contributed by atoms with Gasteiger partial charge in [0, 0.05) is 31.9 Å². The van der Waals surface area contributed by atoms with Crippen LogP contribution in [0.1, 0.15) is 64.4 Å². The van der Waals surface area contributed by atoms with Gasteiger partial charge in [0.05, 0.1) is 23.9 Å². The maximum Gasteiger partial charge on any atom is 0.495 e. The predicted molar refractivity (Wildman–Crippen MR) is 128 cm³/mol. The second-order valence-electron chi connectivity index (χ2n) is 10.7. The number of piperazine rings is 1. The summed E-state index contributed by atoms with van der Waals surface area (Å²) in [5.41, 5.74) is 1.61. The Hall–Kier alpha value is -2.26. The molecule has 1 aromatic rings. The van der Waals surface area contributed by atoms with E-state index in [1.54, 1.807) is 11.0 Å². The number of esters is 1. The molecule has 0 bridgehead atoms. The molecule has 0 radical (unpaired) electrons. The highest BCUT2D eigenvalue weighted by atomic mass is 16.7. The highest BCUT2D eigenvalue weighted by molar-refractivity contribution is 6.63. The number of carbonyl (C=O) groups excluding carboxylic acids is 2. The summed E-state index contributed by atoms with van der Waals surface area (Å²) in [6.07, 6.45) is -0.305. The molecule has 0 aliphatic carbocycles. The van der Waals surface area contributed by atoms with Crippen LogP contribution in [0.15, 0.2) is 12.1 Å². The summed E-state index contributed by atoms with van der Waals surface area (Å²) in [5, 5.41) is 0. The van der Waals surface area contributed by atoms with Crippen molar-refractivity contribution >= 4 is 30.3 Å². The van der Waals surface area contributed by atoms with Crippen LogP contribution in [0.3, 0.4) is 0 Å². The molecule has 0 N–H and O–H groups in total. The third kappa shape index (κ3) is 5.30. The van der Waals surface area contributed by atoms with Crippen molar-refractivity contribution < 1.29 is 28.4 Å². The number of nitrogens with zero attached hydrogens (tertiary/aromatic N) is 2. The number of amides is 1. The van der Waals surface area contributed by atoms with Gasteiger partial charge in [0.25, 0.3) is 0 Å². The van der Waals surface area contributed by atoms with E-state index in [0.717, 1.165) is 16.7 Å². The summed E-state index contributed by atoms with van der Waals surface area (Å²) in [7, 11) is 0.775. The first-order valence-electron chi connectivity index (χ1n) is 11.5. The van der Waals surface area contributed by atoms with Crippen LogP contribution in [0.25, 0.3) is 0 Å². The van der Waals surface area contributed by atoms with E-state index in [2.05, 4.69) is 4.90 Å². The molecule has 8 nitrogen and oxygen atoms in total. The van der Waals surface area contributed by atoms with Crippen LogP contribution in [0.2, 0.25) is 0 Å². The third-order valence-electron chi connectivity index (χ3n) is 6.62. The van der Waals surface area contributed by atoms with Crippen LogP contribution in [-0.2, 0) is 18.8 Å². The molecule has 9 heteroatoms. The summed E-state index contributed by atoms with van der Waals surface area (Å²) in [6, 6.07) is 3.64.